The quantitative estimate of drug-likeness (QED) is 0.256. The van der Waals surface area contributed by atoms with Crippen molar-refractivity contribution in [2.24, 2.45) is 5.92 Å². The van der Waals surface area contributed by atoms with E-state index in [1.807, 2.05) is 30.5 Å². The second kappa shape index (κ2) is 10.2. The Morgan fingerprint density at radius 1 is 1.20 bits per heavy atom. The molecule has 0 aliphatic carbocycles. The van der Waals surface area contributed by atoms with E-state index >= 15 is 0 Å². The third-order valence-corrected chi connectivity index (χ3v) is 11.3. The van der Waals surface area contributed by atoms with Gasteiger partial charge in [0, 0.05) is 23.9 Å². The molecule has 0 saturated carbocycles. The number of furan rings is 1. The lowest BCUT2D eigenvalue weighted by molar-refractivity contribution is -0.123. The highest BCUT2D eigenvalue weighted by Crippen LogP contribution is 2.37. The van der Waals surface area contributed by atoms with Gasteiger partial charge in [-0.25, -0.2) is 13.4 Å². The van der Waals surface area contributed by atoms with E-state index in [1.165, 1.54) is 21.7 Å². The van der Waals surface area contributed by atoms with Crippen molar-refractivity contribution in [1.29, 1.82) is 0 Å². The highest BCUT2D eigenvalue weighted by atomic mass is 35.5. The molecule has 5 rings (SSSR count). The van der Waals surface area contributed by atoms with Gasteiger partial charge in [0.15, 0.2) is 5.13 Å². The normalized spacial score (nSPS) is 15.6. The van der Waals surface area contributed by atoms with Crippen LogP contribution in [0, 0.1) is 5.92 Å². The number of aromatic nitrogens is 1. The van der Waals surface area contributed by atoms with E-state index in [1.54, 1.807) is 35.1 Å². The summed E-state index contributed by atoms with van der Waals surface area (Å²) in [7, 11) is -3.61. The number of thiazole rings is 1. The number of piperidine rings is 1. The number of thiophene rings is 1. The summed E-state index contributed by atoms with van der Waals surface area (Å²) >= 11 is 10.1. The number of thioether (sulfide) groups is 1. The molecule has 35 heavy (non-hydrogen) atoms. The van der Waals surface area contributed by atoms with Crippen molar-refractivity contribution in [3.8, 4) is 0 Å². The van der Waals surface area contributed by atoms with E-state index in [-0.39, 0.29) is 35.7 Å². The zero-order chi connectivity index (χ0) is 24.6. The molecule has 4 heterocycles. The minimum Gasteiger partial charge on any atom is -0.467 e. The SMILES string of the molecule is CSc1cccc2sc(N(Cc3ccco3)C(=O)C3CCN(S(=O)(=O)c4ccc(Cl)s4)CC3)nc12. The standard InChI is InChI=1S/C23H22ClN3O4S4/c1-32-17-5-2-6-18-21(17)25-23(33-18)27(14-16-4-3-13-31-16)22(28)15-9-11-26(12-10-15)35(29,30)20-8-7-19(24)34-20/h2-8,13,15H,9-12,14H2,1H3. The molecule has 0 spiro atoms. The maximum absolute atomic E-state index is 13.7. The molecule has 0 N–H and O–H groups in total. The molecule has 1 amide bonds. The second-order valence-corrected chi connectivity index (χ2v) is 13.8. The number of sulfonamides is 1. The van der Waals surface area contributed by atoms with Gasteiger partial charge in [0.25, 0.3) is 10.0 Å². The summed E-state index contributed by atoms with van der Waals surface area (Å²) < 4.78 is 34.6. The Hall–Kier alpha value is -1.89. The third kappa shape index (κ3) is 5.03. The average Bonchev–Trinajstić information content (AvgIpc) is 3.62. The lowest BCUT2D eigenvalue weighted by atomic mass is 9.96. The molecule has 1 aromatic carbocycles. The average molecular weight is 568 g/mol. The number of carbonyl (C=O) groups is 1. The molecule has 0 atom stereocenters. The fourth-order valence-corrected chi connectivity index (χ4v) is 8.85. The summed E-state index contributed by atoms with van der Waals surface area (Å²) in [6.07, 6.45) is 4.47. The van der Waals surface area contributed by atoms with Crippen molar-refractivity contribution < 1.29 is 17.6 Å². The van der Waals surface area contributed by atoms with E-state index in [0.29, 0.717) is 28.1 Å². The molecule has 0 bridgehead atoms. The van der Waals surface area contributed by atoms with Crippen LogP contribution in [-0.2, 0) is 21.4 Å². The van der Waals surface area contributed by atoms with E-state index in [4.69, 9.17) is 21.0 Å². The van der Waals surface area contributed by atoms with Crippen molar-refractivity contribution in [3.63, 3.8) is 0 Å². The smallest absolute Gasteiger partial charge is 0.252 e. The lowest BCUT2D eigenvalue weighted by Gasteiger charge is -2.32. The molecule has 4 aromatic rings. The summed E-state index contributed by atoms with van der Waals surface area (Å²) in [5, 5.41) is 0.617. The third-order valence-electron chi connectivity index (χ3n) is 5.93. The van der Waals surface area contributed by atoms with E-state index < -0.39 is 10.0 Å². The maximum atomic E-state index is 13.7. The predicted octanol–water partition coefficient (Wildman–Crippen LogP) is 5.96. The fraction of sp³-hybridized carbons (Fsp3) is 0.304. The van der Waals surface area contributed by atoms with Crippen LogP contribution in [0.4, 0.5) is 5.13 Å². The van der Waals surface area contributed by atoms with Crippen LogP contribution >= 0.6 is 46.0 Å². The second-order valence-electron chi connectivity index (χ2n) is 8.04. The van der Waals surface area contributed by atoms with Gasteiger partial charge in [-0.3, -0.25) is 9.69 Å². The topological polar surface area (TPSA) is 83.7 Å². The van der Waals surface area contributed by atoms with Crippen LogP contribution in [0.2, 0.25) is 4.34 Å². The Balaban J connectivity index is 1.38. The number of anilines is 1. The van der Waals surface area contributed by atoms with Crippen molar-refractivity contribution in [3.05, 3.63) is 58.8 Å². The first-order valence-electron chi connectivity index (χ1n) is 10.9. The molecule has 1 saturated heterocycles. The number of hydrogen-bond donors (Lipinski definition) is 0. The number of para-hydroxylation sites is 1. The summed E-state index contributed by atoms with van der Waals surface area (Å²) in [5.41, 5.74) is 0.882. The number of amides is 1. The Labute approximate surface area is 220 Å². The molecule has 12 heteroatoms. The van der Waals surface area contributed by atoms with Crippen LogP contribution in [-0.4, -0.2) is 43.0 Å². The lowest BCUT2D eigenvalue weighted by Crippen LogP contribution is -2.44. The van der Waals surface area contributed by atoms with Crippen molar-refractivity contribution in [1.82, 2.24) is 9.29 Å². The van der Waals surface area contributed by atoms with Gasteiger partial charge in [-0.05, 0) is 55.5 Å². The van der Waals surface area contributed by atoms with Gasteiger partial charge in [-0.2, -0.15) is 4.31 Å². The molecular formula is C23H22ClN3O4S4. The van der Waals surface area contributed by atoms with Gasteiger partial charge in [-0.1, -0.05) is 29.0 Å². The first kappa shape index (κ1) is 24.8. The number of halogens is 1. The molecule has 1 fully saturated rings. The van der Waals surface area contributed by atoms with Gasteiger partial charge in [0.1, 0.15) is 9.97 Å². The first-order chi connectivity index (χ1) is 16.9. The highest BCUT2D eigenvalue weighted by Gasteiger charge is 2.36. The zero-order valence-electron chi connectivity index (χ0n) is 18.7. The molecule has 1 aliphatic rings. The Bertz CT molecular complexity index is 1440. The maximum Gasteiger partial charge on any atom is 0.252 e. The van der Waals surface area contributed by atoms with Crippen molar-refractivity contribution >= 4 is 77.3 Å². The fourth-order valence-electron chi connectivity index (χ4n) is 4.12. The minimum atomic E-state index is -3.61. The Morgan fingerprint density at radius 3 is 2.66 bits per heavy atom. The van der Waals surface area contributed by atoms with Gasteiger partial charge < -0.3 is 4.42 Å². The summed E-state index contributed by atoms with van der Waals surface area (Å²) in [5.74, 6) is 0.287. The number of fused-ring (bicyclic) bond motifs is 1. The number of benzene rings is 1. The largest absolute Gasteiger partial charge is 0.467 e. The minimum absolute atomic E-state index is 0.0672. The van der Waals surface area contributed by atoms with Crippen molar-refractivity contribution in [2.45, 2.75) is 28.5 Å². The summed E-state index contributed by atoms with van der Waals surface area (Å²) in [4.78, 5) is 21.3. The van der Waals surface area contributed by atoms with Crippen LogP contribution < -0.4 is 4.90 Å². The molecular weight excluding hydrogens is 546 g/mol. The highest BCUT2D eigenvalue weighted by molar-refractivity contribution is 7.98. The molecule has 3 aromatic heterocycles. The molecule has 184 valence electrons. The van der Waals surface area contributed by atoms with Gasteiger partial charge >= 0.3 is 0 Å². The van der Waals surface area contributed by atoms with Gasteiger partial charge in [0.05, 0.1) is 27.4 Å². The summed E-state index contributed by atoms with van der Waals surface area (Å²) in [6, 6.07) is 12.8. The van der Waals surface area contributed by atoms with Crippen LogP contribution in [0.5, 0.6) is 0 Å². The van der Waals surface area contributed by atoms with Crippen LogP contribution in [0.25, 0.3) is 10.2 Å². The van der Waals surface area contributed by atoms with Crippen LogP contribution in [0.3, 0.4) is 0 Å². The number of hydrogen-bond acceptors (Lipinski definition) is 8. The molecule has 0 radical (unpaired) electrons. The number of carbonyl (C=O) groups excluding carboxylic acids is 1. The number of rotatable bonds is 7. The predicted molar refractivity (Wildman–Crippen MR) is 142 cm³/mol. The molecule has 7 nitrogen and oxygen atoms in total. The van der Waals surface area contributed by atoms with Crippen molar-refractivity contribution in [2.75, 3.05) is 24.2 Å². The zero-order valence-corrected chi connectivity index (χ0v) is 22.7. The van der Waals surface area contributed by atoms with Gasteiger partial charge in [-0.15, -0.1) is 23.1 Å². The monoisotopic (exact) mass is 567 g/mol. The van der Waals surface area contributed by atoms with Gasteiger partial charge in [0.2, 0.25) is 5.91 Å². The Morgan fingerprint density at radius 2 is 2.00 bits per heavy atom. The first-order valence-corrected chi connectivity index (χ1v) is 15.6. The van der Waals surface area contributed by atoms with Crippen LogP contribution in [0.15, 0.2) is 62.2 Å². The van der Waals surface area contributed by atoms with E-state index in [0.717, 1.165) is 26.4 Å². The summed E-state index contributed by atoms with van der Waals surface area (Å²) in [6.45, 7) is 0.825. The molecule has 0 unspecified atom stereocenters. The van der Waals surface area contributed by atoms with E-state index in [9.17, 15) is 13.2 Å². The molecule has 1 aliphatic heterocycles. The van der Waals surface area contributed by atoms with Crippen LogP contribution in [0.1, 0.15) is 18.6 Å². The number of nitrogens with zero attached hydrogens (tertiary/aromatic N) is 3. The Kier molecular flexibility index (Phi) is 7.25. The van der Waals surface area contributed by atoms with E-state index in [2.05, 4.69) is 0 Å².